The molecular weight excluding hydrogens is 533 g/mol. The SMILES string of the molecule is O=C(c1c(F)ccc(NS(=O)(=O)N2CC[C@@H](F)C2)c1F)c1cn(C(=O)O)c2ncc(Br)cc12. The minimum absolute atomic E-state index is 0.00705. The van der Waals surface area contributed by atoms with Crippen LogP contribution in [0.15, 0.2) is 35.1 Å². The lowest BCUT2D eigenvalue weighted by atomic mass is 10.0. The number of halogens is 4. The number of pyridine rings is 1. The predicted molar refractivity (Wildman–Crippen MR) is 114 cm³/mol. The summed E-state index contributed by atoms with van der Waals surface area (Å²) < 4.78 is 71.7. The Kier molecular flexibility index (Phi) is 5.92. The second-order valence-corrected chi connectivity index (χ2v) is 9.77. The number of benzene rings is 1. The summed E-state index contributed by atoms with van der Waals surface area (Å²) in [4.78, 5) is 28.5. The van der Waals surface area contributed by atoms with E-state index < -0.39 is 57.7 Å². The summed E-state index contributed by atoms with van der Waals surface area (Å²) in [5.74, 6) is -4.01. The average molecular weight is 547 g/mol. The van der Waals surface area contributed by atoms with Gasteiger partial charge in [0.15, 0.2) is 5.82 Å². The van der Waals surface area contributed by atoms with Crippen molar-refractivity contribution in [3.63, 3.8) is 0 Å². The maximum absolute atomic E-state index is 15.2. The number of carbonyl (C=O) groups excluding carboxylic acids is 1. The van der Waals surface area contributed by atoms with E-state index in [2.05, 4.69) is 20.9 Å². The molecule has 0 amide bonds. The van der Waals surface area contributed by atoms with Gasteiger partial charge in [0.1, 0.15) is 17.6 Å². The van der Waals surface area contributed by atoms with E-state index in [1.807, 2.05) is 4.72 Å². The van der Waals surface area contributed by atoms with Gasteiger partial charge in [0, 0.05) is 35.3 Å². The van der Waals surface area contributed by atoms with Crippen LogP contribution < -0.4 is 4.72 Å². The van der Waals surface area contributed by atoms with Crippen molar-refractivity contribution in [1.29, 1.82) is 0 Å². The highest BCUT2D eigenvalue weighted by atomic mass is 79.9. The summed E-state index contributed by atoms with van der Waals surface area (Å²) in [7, 11) is -4.36. The number of hydrogen-bond donors (Lipinski definition) is 2. The topological polar surface area (TPSA) is 122 Å². The van der Waals surface area contributed by atoms with Crippen molar-refractivity contribution in [1.82, 2.24) is 13.9 Å². The van der Waals surface area contributed by atoms with E-state index in [1.54, 1.807) is 0 Å². The van der Waals surface area contributed by atoms with Gasteiger partial charge < -0.3 is 5.11 Å². The lowest BCUT2D eigenvalue weighted by Crippen LogP contribution is -2.34. The molecule has 9 nitrogen and oxygen atoms in total. The van der Waals surface area contributed by atoms with Crippen molar-refractivity contribution in [3.05, 3.63) is 57.8 Å². The van der Waals surface area contributed by atoms with Gasteiger partial charge in [-0.1, -0.05) is 0 Å². The van der Waals surface area contributed by atoms with E-state index in [4.69, 9.17) is 0 Å². The number of aromatic nitrogens is 2. The summed E-state index contributed by atoms with van der Waals surface area (Å²) in [6.45, 7) is -0.540. The van der Waals surface area contributed by atoms with Crippen LogP contribution in [0.3, 0.4) is 0 Å². The summed E-state index contributed by atoms with van der Waals surface area (Å²) in [6.07, 6.45) is -0.707. The monoisotopic (exact) mass is 546 g/mol. The molecule has 1 aliphatic rings. The molecule has 0 radical (unpaired) electrons. The number of nitrogens with one attached hydrogen (secondary N) is 1. The number of carbonyl (C=O) groups is 2. The Bertz CT molecular complexity index is 1410. The second kappa shape index (κ2) is 8.43. The third-order valence-electron chi connectivity index (χ3n) is 5.05. The number of rotatable bonds is 5. The Hall–Kier alpha value is -2.97. The van der Waals surface area contributed by atoms with Gasteiger partial charge in [-0.3, -0.25) is 9.52 Å². The molecule has 0 bridgehead atoms. The predicted octanol–water partition coefficient (Wildman–Crippen LogP) is 3.53. The Morgan fingerprint density at radius 2 is 2.00 bits per heavy atom. The van der Waals surface area contributed by atoms with E-state index in [0.717, 1.165) is 16.6 Å². The fourth-order valence-electron chi connectivity index (χ4n) is 3.49. The standard InChI is InChI=1S/C19H14BrF3N4O5S/c20-9-5-11-12(8-27(19(29)30)18(11)24-6-9)17(28)15-13(22)1-2-14(16(15)23)25-33(31,32)26-4-3-10(21)7-26/h1-2,5-6,8,10,25H,3-4,7H2,(H,29,30)/t10-/m1/s1. The van der Waals surface area contributed by atoms with Gasteiger partial charge >= 0.3 is 16.3 Å². The third-order valence-corrected chi connectivity index (χ3v) is 6.97. The second-order valence-electron chi connectivity index (χ2n) is 7.18. The van der Waals surface area contributed by atoms with Gasteiger partial charge in [0.2, 0.25) is 5.78 Å². The lowest BCUT2D eigenvalue weighted by molar-refractivity contribution is 0.103. The van der Waals surface area contributed by atoms with Crippen LogP contribution >= 0.6 is 15.9 Å². The fourth-order valence-corrected chi connectivity index (χ4v) is 5.09. The maximum atomic E-state index is 15.2. The first kappa shape index (κ1) is 23.2. The van der Waals surface area contributed by atoms with E-state index in [0.29, 0.717) is 15.1 Å². The molecule has 0 unspecified atom stereocenters. The number of fused-ring (bicyclic) bond motifs is 1. The summed E-state index contributed by atoms with van der Waals surface area (Å²) >= 11 is 3.14. The van der Waals surface area contributed by atoms with E-state index >= 15 is 4.39 Å². The van der Waals surface area contributed by atoms with Gasteiger partial charge in [-0.25, -0.2) is 27.5 Å². The first-order chi connectivity index (χ1) is 15.5. The Balaban J connectivity index is 1.78. The van der Waals surface area contributed by atoms with E-state index in [9.17, 15) is 31.9 Å². The van der Waals surface area contributed by atoms with Crippen LogP contribution in [0.1, 0.15) is 22.3 Å². The van der Waals surface area contributed by atoms with Crippen LogP contribution in [0, 0.1) is 11.6 Å². The van der Waals surface area contributed by atoms with Gasteiger partial charge in [0.05, 0.1) is 16.8 Å². The number of alkyl halides is 1. The van der Waals surface area contributed by atoms with Crippen molar-refractivity contribution in [2.75, 3.05) is 17.8 Å². The lowest BCUT2D eigenvalue weighted by Gasteiger charge is -2.18. The summed E-state index contributed by atoms with van der Waals surface area (Å²) in [6, 6.07) is 2.85. The van der Waals surface area contributed by atoms with Crippen molar-refractivity contribution in [3.8, 4) is 0 Å². The van der Waals surface area contributed by atoms with Crippen molar-refractivity contribution < 1.29 is 36.3 Å². The van der Waals surface area contributed by atoms with Gasteiger partial charge in [-0.2, -0.15) is 12.7 Å². The summed E-state index contributed by atoms with van der Waals surface area (Å²) in [5.41, 5.74) is -2.31. The third kappa shape index (κ3) is 4.20. The molecule has 0 aliphatic carbocycles. The van der Waals surface area contributed by atoms with Gasteiger partial charge in [-0.05, 0) is 40.5 Å². The number of nitrogens with zero attached hydrogens (tertiary/aromatic N) is 3. The van der Waals surface area contributed by atoms with Crippen LogP contribution in [0.4, 0.5) is 23.7 Å². The molecule has 0 spiro atoms. The first-order valence-corrected chi connectivity index (χ1v) is 11.6. The molecule has 3 heterocycles. The molecule has 1 aromatic carbocycles. The van der Waals surface area contributed by atoms with Crippen LogP contribution in [-0.4, -0.2) is 58.5 Å². The van der Waals surface area contributed by atoms with Gasteiger partial charge in [-0.15, -0.1) is 0 Å². The van der Waals surface area contributed by atoms with E-state index in [1.165, 1.54) is 12.3 Å². The molecule has 14 heteroatoms. The molecule has 0 saturated carbocycles. The summed E-state index contributed by atoms with van der Waals surface area (Å²) in [5, 5.41) is 9.37. The molecule has 4 rings (SSSR count). The van der Waals surface area contributed by atoms with E-state index in [-0.39, 0.29) is 29.6 Å². The smallest absolute Gasteiger partial charge is 0.417 e. The normalized spacial score (nSPS) is 16.9. The zero-order chi connectivity index (χ0) is 24.1. The minimum atomic E-state index is -4.36. The number of anilines is 1. The highest BCUT2D eigenvalue weighted by Crippen LogP contribution is 2.30. The van der Waals surface area contributed by atoms with Crippen LogP contribution in [0.5, 0.6) is 0 Å². The minimum Gasteiger partial charge on any atom is -0.464 e. The molecule has 33 heavy (non-hydrogen) atoms. The zero-order valence-corrected chi connectivity index (χ0v) is 18.8. The molecule has 174 valence electrons. The first-order valence-electron chi connectivity index (χ1n) is 9.34. The molecule has 1 atom stereocenters. The molecular formula is C19H14BrF3N4O5S. The average Bonchev–Trinajstić information content (AvgIpc) is 3.34. The molecule has 2 aromatic heterocycles. The molecule has 3 aromatic rings. The molecule has 1 aliphatic heterocycles. The Morgan fingerprint density at radius 1 is 1.27 bits per heavy atom. The Labute approximate surface area is 193 Å². The van der Waals surface area contributed by atoms with Crippen LogP contribution in [0.25, 0.3) is 11.0 Å². The highest BCUT2D eigenvalue weighted by Gasteiger charge is 2.33. The number of ketones is 1. The number of carboxylic acid groups (broad SMARTS) is 1. The fraction of sp³-hybridized carbons (Fsp3) is 0.211. The molecule has 1 saturated heterocycles. The van der Waals surface area contributed by atoms with Gasteiger partial charge in [0.25, 0.3) is 0 Å². The maximum Gasteiger partial charge on any atom is 0.417 e. The van der Waals surface area contributed by atoms with Crippen LogP contribution in [0.2, 0.25) is 0 Å². The molecule has 2 N–H and O–H groups in total. The van der Waals surface area contributed by atoms with Crippen molar-refractivity contribution in [2.45, 2.75) is 12.6 Å². The Morgan fingerprint density at radius 3 is 2.64 bits per heavy atom. The largest absolute Gasteiger partial charge is 0.464 e. The molecule has 1 fully saturated rings. The quantitative estimate of drug-likeness (QED) is 0.472. The highest BCUT2D eigenvalue weighted by molar-refractivity contribution is 9.10. The van der Waals surface area contributed by atoms with Crippen molar-refractivity contribution in [2.24, 2.45) is 0 Å². The van der Waals surface area contributed by atoms with Crippen LogP contribution in [-0.2, 0) is 10.2 Å². The van der Waals surface area contributed by atoms with Crippen molar-refractivity contribution >= 4 is 54.7 Å². The number of hydrogen-bond acceptors (Lipinski definition) is 5. The zero-order valence-electron chi connectivity index (χ0n) is 16.4.